The second-order valence-corrected chi connectivity index (χ2v) is 8.36. The number of carboxylic acid groups (broad SMARTS) is 2. The molecule has 1 aromatic carbocycles. The van der Waals surface area contributed by atoms with Crippen LogP contribution in [0.25, 0.3) is 0 Å². The molecule has 13 heteroatoms. The van der Waals surface area contributed by atoms with Gasteiger partial charge in [0, 0.05) is 36.8 Å². The Morgan fingerprint density at radius 1 is 1.21 bits per heavy atom. The second-order valence-electron chi connectivity index (χ2n) is 8.36. The zero-order valence-electron chi connectivity index (χ0n) is 17.7. The largest absolute Gasteiger partial charge is 0.481 e. The van der Waals surface area contributed by atoms with E-state index >= 15 is 0 Å². The van der Waals surface area contributed by atoms with Crippen molar-refractivity contribution in [3.05, 3.63) is 29.8 Å². The van der Waals surface area contributed by atoms with Crippen molar-refractivity contribution in [2.24, 2.45) is 5.73 Å². The Labute approximate surface area is 189 Å². The molecule has 33 heavy (non-hydrogen) atoms. The third-order valence-electron chi connectivity index (χ3n) is 6.15. The molecule has 4 unspecified atom stereocenters. The zero-order chi connectivity index (χ0) is 23.7. The van der Waals surface area contributed by atoms with Crippen molar-refractivity contribution in [2.45, 2.75) is 43.4 Å². The van der Waals surface area contributed by atoms with Crippen LogP contribution in [0.2, 0.25) is 0 Å². The van der Waals surface area contributed by atoms with Crippen LogP contribution in [0.1, 0.15) is 23.2 Å². The van der Waals surface area contributed by atoms with Gasteiger partial charge in [-0.15, -0.1) is 0 Å². The quantitative estimate of drug-likeness (QED) is 0.226. The number of fused-ring (bicyclic) bond motifs is 3. The number of anilines is 1. The molecule has 3 aliphatic heterocycles. The molecule has 0 spiro atoms. The SMILES string of the molecule is NC1NC(=O)C2C(NCC3CN(c4ccc(C(=O)N[C@@H](CCC(=O)O)C(=O)O)cc4)CN32)N1. The maximum atomic E-state index is 12.5. The summed E-state index contributed by atoms with van der Waals surface area (Å²) in [4.78, 5) is 51.2. The van der Waals surface area contributed by atoms with Gasteiger partial charge < -0.3 is 25.7 Å². The molecule has 0 aromatic heterocycles. The number of nitrogens with zero attached hydrogens (tertiary/aromatic N) is 2. The standard InChI is InChI=1S/C20H27N7O6/c21-20-24-16-15(18(31)25-20)27-9-26(8-12(27)7-22-16)11-3-1-10(2-4-11)17(30)23-13(19(32)33)5-6-14(28)29/h1-4,12-13,15-16,20,22,24H,5-9,21H2,(H,23,30)(H,25,31)(H,28,29)(H,32,33)/t12?,13-,15?,16?,20?/m0/s1. The smallest absolute Gasteiger partial charge is 0.326 e. The molecule has 8 N–H and O–H groups in total. The van der Waals surface area contributed by atoms with Crippen molar-refractivity contribution in [1.29, 1.82) is 0 Å². The Bertz CT molecular complexity index is 941. The van der Waals surface area contributed by atoms with Crippen LogP contribution in [-0.2, 0) is 14.4 Å². The summed E-state index contributed by atoms with van der Waals surface area (Å²) in [6.45, 7) is 1.91. The number of amides is 2. The van der Waals surface area contributed by atoms with Gasteiger partial charge in [-0.3, -0.25) is 35.7 Å². The molecule has 0 bridgehead atoms. The number of nitrogens with one attached hydrogen (secondary N) is 4. The maximum Gasteiger partial charge on any atom is 0.326 e. The molecular weight excluding hydrogens is 434 g/mol. The number of rotatable bonds is 7. The van der Waals surface area contributed by atoms with Crippen molar-refractivity contribution in [3.8, 4) is 0 Å². The topological polar surface area (TPSA) is 189 Å². The van der Waals surface area contributed by atoms with Gasteiger partial charge in [0.05, 0.1) is 12.8 Å². The molecule has 3 aliphatic rings. The molecule has 2 amide bonds. The fourth-order valence-electron chi connectivity index (χ4n) is 4.50. The fraction of sp³-hybridized carbons (Fsp3) is 0.500. The van der Waals surface area contributed by atoms with Gasteiger partial charge in [-0.25, -0.2) is 4.79 Å². The molecule has 0 saturated carbocycles. The molecule has 1 aromatic rings. The summed E-state index contributed by atoms with van der Waals surface area (Å²) in [5, 5.41) is 29.5. The number of carbonyl (C=O) groups is 4. The first-order valence-electron chi connectivity index (χ1n) is 10.6. The van der Waals surface area contributed by atoms with Gasteiger partial charge in [0.1, 0.15) is 18.4 Å². The number of carboxylic acids is 2. The highest BCUT2D eigenvalue weighted by atomic mass is 16.4. The molecule has 3 saturated heterocycles. The van der Waals surface area contributed by atoms with Crippen molar-refractivity contribution < 1.29 is 29.4 Å². The van der Waals surface area contributed by atoms with Crippen LogP contribution in [0.4, 0.5) is 5.69 Å². The monoisotopic (exact) mass is 461 g/mol. The number of benzene rings is 1. The van der Waals surface area contributed by atoms with E-state index in [4.69, 9.17) is 10.8 Å². The molecule has 3 fully saturated rings. The molecule has 5 atom stereocenters. The van der Waals surface area contributed by atoms with Crippen LogP contribution in [0.3, 0.4) is 0 Å². The van der Waals surface area contributed by atoms with Crippen molar-refractivity contribution >= 4 is 29.4 Å². The number of hydrogen-bond donors (Lipinski definition) is 7. The number of aliphatic carboxylic acids is 2. The summed E-state index contributed by atoms with van der Waals surface area (Å²) < 4.78 is 0. The summed E-state index contributed by atoms with van der Waals surface area (Å²) in [6, 6.07) is 5.16. The Kier molecular flexibility index (Phi) is 6.47. The average molecular weight is 461 g/mol. The summed E-state index contributed by atoms with van der Waals surface area (Å²) in [5.41, 5.74) is 6.93. The molecule has 178 valence electrons. The summed E-state index contributed by atoms with van der Waals surface area (Å²) >= 11 is 0. The van der Waals surface area contributed by atoms with Crippen LogP contribution >= 0.6 is 0 Å². The molecule has 0 aliphatic carbocycles. The zero-order valence-corrected chi connectivity index (χ0v) is 17.7. The minimum Gasteiger partial charge on any atom is -0.481 e. The van der Waals surface area contributed by atoms with E-state index in [1.807, 2.05) is 0 Å². The molecule has 0 radical (unpaired) electrons. The van der Waals surface area contributed by atoms with E-state index in [-0.39, 0.29) is 36.5 Å². The van der Waals surface area contributed by atoms with Crippen LogP contribution in [0.5, 0.6) is 0 Å². The van der Waals surface area contributed by atoms with Crippen molar-refractivity contribution in [2.75, 3.05) is 24.7 Å². The lowest BCUT2D eigenvalue weighted by Crippen LogP contribution is -2.78. The highest BCUT2D eigenvalue weighted by Crippen LogP contribution is 2.27. The Morgan fingerprint density at radius 2 is 1.94 bits per heavy atom. The van der Waals surface area contributed by atoms with Crippen molar-refractivity contribution in [3.63, 3.8) is 0 Å². The van der Waals surface area contributed by atoms with E-state index in [9.17, 15) is 24.3 Å². The minimum absolute atomic E-state index is 0.127. The van der Waals surface area contributed by atoms with E-state index in [0.717, 1.165) is 5.69 Å². The summed E-state index contributed by atoms with van der Waals surface area (Å²) in [7, 11) is 0. The lowest BCUT2D eigenvalue weighted by molar-refractivity contribution is -0.140. The molecule has 4 rings (SSSR count). The first-order valence-corrected chi connectivity index (χ1v) is 10.6. The second kappa shape index (κ2) is 9.31. The molecule has 13 nitrogen and oxygen atoms in total. The Balaban J connectivity index is 1.39. The van der Waals surface area contributed by atoms with E-state index in [1.165, 1.54) is 0 Å². The predicted molar refractivity (Wildman–Crippen MR) is 115 cm³/mol. The van der Waals surface area contributed by atoms with Crippen molar-refractivity contribution in [1.82, 2.24) is 26.2 Å². The third kappa shape index (κ3) is 4.90. The average Bonchev–Trinajstić information content (AvgIpc) is 3.20. The third-order valence-corrected chi connectivity index (χ3v) is 6.15. The van der Waals surface area contributed by atoms with Gasteiger partial charge in [0.15, 0.2) is 0 Å². The van der Waals surface area contributed by atoms with E-state index in [1.54, 1.807) is 24.3 Å². The lowest BCUT2D eigenvalue weighted by Gasteiger charge is -2.46. The lowest BCUT2D eigenvalue weighted by atomic mass is 10.0. The first-order chi connectivity index (χ1) is 15.7. The van der Waals surface area contributed by atoms with E-state index in [0.29, 0.717) is 19.8 Å². The van der Waals surface area contributed by atoms with Gasteiger partial charge in [0.25, 0.3) is 5.91 Å². The summed E-state index contributed by atoms with van der Waals surface area (Å²) in [5.74, 6) is -3.14. The van der Waals surface area contributed by atoms with Crippen LogP contribution in [-0.4, -0.2) is 89.2 Å². The van der Waals surface area contributed by atoms with Gasteiger partial charge in [-0.1, -0.05) is 0 Å². The maximum absolute atomic E-state index is 12.5. The van der Waals surface area contributed by atoms with Crippen LogP contribution in [0, 0.1) is 0 Å². The predicted octanol–water partition coefficient (Wildman–Crippen LogP) is -2.56. The fourth-order valence-corrected chi connectivity index (χ4v) is 4.50. The van der Waals surface area contributed by atoms with Gasteiger partial charge in [-0.2, -0.15) is 0 Å². The van der Waals surface area contributed by atoms with E-state index < -0.39 is 36.2 Å². The number of nitrogens with two attached hydrogens (primary N) is 1. The van der Waals surface area contributed by atoms with Crippen LogP contribution in [0.15, 0.2) is 24.3 Å². The van der Waals surface area contributed by atoms with Gasteiger partial charge >= 0.3 is 11.9 Å². The number of carbonyl (C=O) groups excluding carboxylic acids is 2. The molecular formula is C20H27N7O6. The minimum atomic E-state index is -1.29. The Morgan fingerprint density at radius 3 is 2.61 bits per heavy atom. The normalized spacial score (nSPS) is 27.8. The first kappa shape index (κ1) is 22.9. The van der Waals surface area contributed by atoms with Crippen LogP contribution < -0.4 is 31.9 Å². The van der Waals surface area contributed by atoms with Gasteiger partial charge in [0.2, 0.25) is 5.91 Å². The Hall–Kier alpha value is -3.26. The highest BCUT2D eigenvalue weighted by Gasteiger charge is 2.48. The highest BCUT2D eigenvalue weighted by molar-refractivity contribution is 5.97. The molecule has 3 heterocycles. The van der Waals surface area contributed by atoms with E-state index in [2.05, 4.69) is 31.1 Å². The van der Waals surface area contributed by atoms with Gasteiger partial charge in [-0.05, 0) is 30.7 Å². The number of piperazine rings is 1. The number of hydrogen-bond acceptors (Lipinski definition) is 9. The summed E-state index contributed by atoms with van der Waals surface area (Å²) in [6.07, 6.45) is -1.40.